The molecule has 0 radical (unpaired) electrons. The number of halogens is 3. The van der Waals surface area contributed by atoms with E-state index in [0.717, 1.165) is 6.07 Å². The van der Waals surface area contributed by atoms with Crippen LogP contribution in [-0.2, 0) is 6.18 Å². The number of amides is 1. The second-order valence-corrected chi connectivity index (χ2v) is 6.02. The summed E-state index contributed by atoms with van der Waals surface area (Å²) in [7, 11) is 1.32. The molecule has 3 rings (SSSR count). The molecule has 7 nitrogen and oxygen atoms in total. The summed E-state index contributed by atoms with van der Waals surface area (Å²) in [6.07, 6.45) is -4.15. The van der Waals surface area contributed by atoms with E-state index in [-0.39, 0.29) is 28.6 Å². The Morgan fingerprint density at radius 2 is 1.96 bits per heavy atom. The van der Waals surface area contributed by atoms with Gasteiger partial charge in [0.2, 0.25) is 5.89 Å². The zero-order chi connectivity index (χ0) is 20.6. The Labute approximate surface area is 157 Å². The summed E-state index contributed by atoms with van der Waals surface area (Å²) in [5, 5.41) is 0.307. The number of hydrogen-bond acceptors (Lipinski definition) is 6. The minimum atomic E-state index is -4.61. The zero-order valence-electron chi connectivity index (χ0n) is 15.0. The maximum absolute atomic E-state index is 13.0. The predicted octanol–water partition coefficient (Wildman–Crippen LogP) is 3.43. The number of primary amides is 1. The quantitative estimate of drug-likeness (QED) is 0.685. The lowest BCUT2D eigenvalue weighted by Gasteiger charge is -2.11. The van der Waals surface area contributed by atoms with Gasteiger partial charge in [0.25, 0.3) is 5.91 Å². The molecule has 0 spiro atoms. The molecule has 0 aliphatic heterocycles. The molecule has 2 heterocycles. The highest BCUT2D eigenvalue weighted by atomic mass is 19.4. The van der Waals surface area contributed by atoms with E-state index in [0.29, 0.717) is 17.4 Å². The number of rotatable bonds is 5. The van der Waals surface area contributed by atoms with E-state index in [1.54, 1.807) is 13.0 Å². The van der Waals surface area contributed by atoms with Gasteiger partial charge >= 0.3 is 6.18 Å². The van der Waals surface area contributed by atoms with Crippen LogP contribution in [0, 0.1) is 0 Å². The Balaban J connectivity index is 2.26. The number of carbonyl (C=O) groups excluding carboxylic acids is 1. The van der Waals surface area contributed by atoms with Gasteiger partial charge in [0.05, 0.1) is 13.2 Å². The number of alkyl halides is 3. The van der Waals surface area contributed by atoms with Gasteiger partial charge in [-0.2, -0.15) is 13.2 Å². The molecular formula is C18H17F3N4O3. The van der Waals surface area contributed by atoms with Crippen LogP contribution in [-0.4, -0.2) is 23.0 Å². The summed E-state index contributed by atoms with van der Waals surface area (Å²) >= 11 is 0. The fourth-order valence-electron chi connectivity index (χ4n) is 2.76. The number of hydrogen-bond donors (Lipinski definition) is 2. The van der Waals surface area contributed by atoms with Crippen LogP contribution in [0.4, 0.5) is 13.2 Å². The van der Waals surface area contributed by atoms with Gasteiger partial charge in [0.15, 0.2) is 11.5 Å². The molecule has 0 aliphatic rings. The van der Waals surface area contributed by atoms with Crippen molar-refractivity contribution in [1.29, 1.82) is 0 Å². The van der Waals surface area contributed by atoms with Crippen LogP contribution in [0.3, 0.4) is 0 Å². The topological polar surface area (TPSA) is 117 Å². The van der Waals surface area contributed by atoms with E-state index in [2.05, 4.69) is 9.97 Å². The summed E-state index contributed by atoms with van der Waals surface area (Å²) in [5.41, 5.74) is 10.4. The molecule has 3 aromatic rings. The number of carbonyl (C=O) groups is 1. The Hall–Kier alpha value is -3.14. The zero-order valence-corrected chi connectivity index (χ0v) is 15.0. The van der Waals surface area contributed by atoms with Gasteiger partial charge in [-0.15, -0.1) is 0 Å². The van der Waals surface area contributed by atoms with E-state index in [9.17, 15) is 18.0 Å². The highest BCUT2D eigenvalue weighted by Crippen LogP contribution is 2.37. The summed E-state index contributed by atoms with van der Waals surface area (Å²) in [5.74, 6) is -0.544. The first-order chi connectivity index (χ1) is 13.2. The average Bonchev–Trinajstić information content (AvgIpc) is 3.10. The Bertz CT molecular complexity index is 1050. The van der Waals surface area contributed by atoms with Crippen molar-refractivity contribution in [2.75, 3.05) is 7.11 Å². The van der Waals surface area contributed by atoms with Gasteiger partial charge in [-0.3, -0.25) is 4.79 Å². The first kappa shape index (κ1) is 19.6. The molecule has 0 fully saturated rings. The second-order valence-electron chi connectivity index (χ2n) is 6.02. The van der Waals surface area contributed by atoms with Crippen molar-refractivity contribution in [2.24, 2.45) is 11.5 Å². The van der Waals surface area contributed by atoms with Gasteiger partial charge < -0.3 is 20.6 Å². The van der Waals surface area contributed by atoms with E-state index >= 15 is 0 Å². The first-order valence-electron chi connectivity index (χ1n) is 8.28. The number of oxazole rings is 1. The summed E-state index contributed by atoms with van der Waals surface area (Å²) in [6.45, 7) is 1.79. The summed E-state index contributed by atoms with van der Waals surface area (Å²) in [4.78, 5) is 19.5. The average molecular weight is 394 g/mol. The molecule has 1 atom stereocenters. The number of aromatic nitrogens is 2. The number of nitrogens with two attached hydrogens (primary N) is 2. The molecule has 0 saturated carbocycles. The molecule has 28 heavy (non-hydrogen) atoms. The highest BCUT2D eigenvalue weighted by Gasteiger charge is 2.33. The van der Waals surface area contributed by atoms with Gasteiger partial charge in [-0.05, 0) is 30.7 Å². The van der Waals surface area contributed by atoms with Gasteiger partial charge in [0.1, 0.15) is 17.0 Å². The molecule has 1 aromatic carbocycles. The highest BCUT2D eigenvalue weighted by molar-refractivity contribution is 5.97. The largest absolute Gasteiger partial charge is 0.494 e. The molecule has 148 valence electrons. The number of methoxy groups -OCH3 is 1. The maximum atomic E-state index is 13.0. The Morgan fingerprint density at radius 1 is 1.25 bits per heavy atom. The number of fused-ring (bicyclic) bond motifs is 1. The second kappa shape index (κ2) is 7.12. The summed E-state index contributed by atoms with van der Waals surface area (Å²) in [6, 6.07) is 4.48. The molecule has 0 saturated heterocycles. The smallest absolute Gasteiger partial charge is 0.433 e. The van der Waals surface area contributed by atoms with Crippen LogP contribution in [0.5, 0.6) is 5.75 Å². The SMILES string of the molecule is CC[C@H](N)c1oc(-c2ccc(OC)c3nc(C(F)(F)F)ccc23)nc1C(N)=O. The van der Waals surface area contributed by atoms with Crippen molar-refractivity contribution < 1.29 is 27.1 Å². The van der Waals surface area contributed by atoms with Crippen molar-refractivity contribution in [1.82, 2.24) is 9.97 Å². The molecule has 0 aliphatic carbocycles. The molecule has 0 unspecified atom stereocenters. The third-order valence-corrected chi connectivity index (χ3v) is 4.22. The van der Waals surface area contributed by atoms with Crippen LogP contribution < -0.4 is 16.2 Å². The van der Waals surface area contributed by atoms with Crippen molar-refractivity contribution in [2.45, 2.75) is 25.6 Å². The normalized spacial score (nSPS) is 12.9. The van der Waals surface area contributed by atoms with Crippen molar-refractivity contribution in [3.8, 4) is 17.2 Å². The van der Waals surface area contributed by atoms with E-state index < -0.39 is 23.8 Å². The number of nitrogens with zero attached hydrogens (tertiary/aromatic N) is 2. The van der Waals surface area contributed by atoms with E-state index in [4.69, 9.17) is 20.6 Å². The van der Waals surface area contributed by atoms with Gasteiger partial charge in [0, 0.05) is 10.9 Å². The third kappa shape index (κ3) is 3.38. The minimum absolute atomic E-state index is 0.00177. The lowest BCUT2D eigenvalue weighted by atomic mass is 10.1. The van der Waals surface area contributed by atoms with Crippen LogP contribution in [0.15, 0.2) is 28.7 Å². The van der Waals surface area contributed by atoms with E-state index in [1.165, 1.54) is 19.2 Å². The molecule has 2 aromatic heterocycles. The van der Waals surface area contributed by atoms with Crippen molar-refractivity contribution in [3.63, 3.8) is 0 Å². The third-order valence-electron chi connectivity index (χ3n) is 4.22. The van der Waals surface area contributed by atoms with Gasteiger partial charge in [-0.25, -0.2) is 9.97 Å². The number of benzene rings is 1. The van der Waals surface area contributed by atoms with Crippen molar-refractivity contribution >= 4 is 16.8 Å². The van der Waals surface area contributed by atoms with Crippen LogP contribution in [0.2, 0.25) is 0 Å². The Kier molecular flexibility index (Phi) is 4.99. The Morgan fingerprint density at radius 3 is 2.54 bits per heavy atom. The minimum Gasteiger partial charge on any atom is -0.494 e. The lowest BCUT2D eigenvalue weighted by molar-refractivity contribution is -0.140. The standard InChI is InChI=1S/C18H17F3N4O3/c1-3-10(22)15-14(16(23)26)25-17(28-15)9-4-6-11(27-2)13-8(9)5-7-12(24-13)18(19,20)21/h4-7,10H,3,22H2,1-2H3,(H2,23,26)/t10-/m0/s1. The maximum Gasteiger partial charge on any atom is 0.433 e. The molecule has 4 N–H and O–H groups in total. The number of pyridine rings is 1. The van der Waals surface area contributed by atoms with Crippen LogP contribution in [0.25, 0.3) is 22.4 Å². The fourth-order valence-corrected chi connectivity index (χ4v) is 2.76. The molecule has 1 amide bonds. The monoisotopic (exact) mass is 394 g/mol. The molecular weight excluding hydrogens is 377 g/mol. The van der Waals surface area contributed by atoms with Crippen LogP contribution >= 0.6 is 0 Å². The molecule has 0 bridgehead atoms. The van der Waals surface area contributed by atoms with Crippen LogP contribution in [0.1, 0.15) is 41.3 Å². The molecule has 10 heteroatoms. The first-order valence-corrected chi connectivity index (χ1v) is 8.28. The van der Waals surface area contributed by atoms with Crippen molar-refractivity contribution in [3.05, 3.63) is 41.4 Å². The summed E-state index contributed by atoms with van der Waals surface area (Å²) < 4.78 is 49.9. The van der Waals surface area contributed by atoms with E-state index in [1.807, 2.05) is 0 Å². The predicted molar refractivity (Wildman–Crippen MR) is 94.5 cm³/mol. The fraction of sp³-hybridized carbons (Fsp3) is 0.278. The number of ether oxygens (including phenoxy) is 1. The van der Waals surface area contributed by atoms with Gasteiger partial charge in [-0.1, -0.05) is 6.92 Å². The lowest BCUT2D eigenvalue weighted by Crippen LogP contribution is -2.18.